The van der Waals surface area contributed by atoms with Crippen molar-refractivity contribution in [3.05, 3.63) is 46.2 Å². The zero-order valence-electron chi connectivity index (χ0n) is 13.7. The maximum Gasteiger partial charge on any atom is 0.255 e. The molecule has 1 aliphatic rings. The molecule has 0 spiro atoms. The first kappa shape index (κ1) is 20.3. The van der Waals surface area contributed by atoms with E-state index in [4.69, 9.17) is 32.7 Å². The Kier molecular flexibility index (Phi) is 7.12. The molecule has 3 rings (SSSR count). The summed E-state index contributed by atoms with van der Waals surface area (Å²) < 4.78 is 11.4. The first-order valence-corrected chi connectivity index (χ1v) is 8.79. The average molecular weight is 397 g/mol. The van der Waals surface area contributed by atoms with Crippen LogP contribution in [-0.2, 0) is 0 Å². The highest BCUT2D eigenvalue weighted by Crippen LogP contribution is 2.33. The van der Waals surface area contributed by atoms with Gasteiger partial charge in [0, 0.05) is 18.0 Å². The lowest BCUT2D eigenvalue weighted by atomic mass is 10.1. The number of hydrogen-bond donors (Lipinski definition) is 1. The van der Waals surface area contributed by atoms with Crippen LogP contribution in [0.25, 0.3) is 0 Å². The number of anilines is 1. The minimum atomic E-state index is -0.339. The number of nitrogens with one attached hydrogen (secondary N) is 1. The zero-order chi connectivity index (χ0) is 17.8. The molecule has 0 bridgehead atoms. The number of hydrogen-bond acceptors (Lipinski definition) is 4. The molecule has 0 aliphatic heterocycles. The van der Waals surface area contributed by atoms with E-state index < -0.39 is 0 Å². The van der Waals surface area contributed by atoms with E-state index in [1.807, 2.05) is 0 Å². The van der Waals surface area contributed by atoms with Crippen molar-refractivity contribution < 1.29 is 14.3 Å². The molecule has 1 N–H and O–H groups in total. The molecule has 1 aliphatic carbocycles. The number of methoxy groups -OCH3 is 1. The molecular formula is C19H22Cl2N2O3. The molecule has 0 saturated heterocycles. The van der Waals surface area contributed by atoms with E-state index in [0.29, 0.717) is 22.7 Å². The van der Waals surface area contributed by atoms with Crippen molar-refractivity contribution in [1.82, 2.24) is 4.98 Å². The summed E-state index contributed by atoms with van der Waals surface area (Å²) in [7, 11) is 1.58. The second-order valence-electron chi connectivity index (χ2n) is 5.82. The third kappa shape index (κ3) is 4.59. The largest absolute Gasteiger partial charge is 0.493 e. The van der Waals surface area contributed by atoms with Gasteiger partial charge in [-0.15, -0.1) is 0 Å². The highest BCUT2D eigenvalue weighted by molar-refractivity contribution is 6.39. The van der Waals surface area contributed by atoms with E-state index in [1.165, 1.54) is 12.4 Å². The molecule has 0 unspecified atom stereocenters. The summed E-state index contributed by atoms with van der Waals surface area (Å²) in [5.74, 6) is 0.825. The van der Waals surface area contributed by atoms with Gasteiger partial charge in [-0.1, -0.05) is 30.6 Å². The Morgan fingerprint density at radius 2 is 1.81 bits per heavy atom. The predicted octanol–water partition coefficient (Wildman–Crippen LogP) is 5.61. The zero-order valence-corrected chi connectivity index (χ0v) is 15.2. The summed E-state index contributed by atoms with van der Waals surface area (Å²) in [6.45, 7) is 0. The van der Waals surface area contributed by atoms with Crippen LogP contribution in [0.4, 0.5) is 5.69 Å². The van der Waals surface area contributed by atoms with Crippen molar-refractivity contribution in [2.45, 2.75) is 39.2 Å². The van der Waals surface area contributed by atoms with E-state index in [2.05, 4.69) is 10.3 Å². The molecule has 1 heterocycles. The van der Waals surface area contributed by atoms with Gasteiger partial charge >= 0.3 is 0 Å². The van der Waals surface area contributed by atoms with Crippen LogP contribution in [-0.4, -0.2) is 24.1 Å². The topological polar surface area (TPSA) is 60.5 Å². The van der Waals surface area contributed by atoms with Crippen LogP contribution in [0.1, 0.15) is 43.5 Å². The minimum absolute atomic E-state index is 0. The van der Waals surface area contributed by atoms with Crippen LogP contribution in [0.15, 0.2) is 30.6 Å². The minimum Gasteiger partial charge on any atom is -0.493 e. The number of carbonyl (C=O) groups excluding carboxylic acids is 1. The van der Waals surface area contributed by atoms with E-state index in [9.17, 15) is 4.79 Å². The fourth-order valence-corrected chi connectivity index (χ4v) is 3.27. The molecule has 1 amide bonds. The van der Waals surface area contributed by atoms with E-state index in [0.717, 1.165) is 25.7 Å². The van der Waals surface area contributed by atoms with Crippen molar-refractivity contribution in [2.75, 3.05) is 12.4 Å². The number of pyridine rings is 1. The molecule has 1 fully saturated rings. The van der Waals surface area contributed by atoms with Gasteiger partial charge in [0.25, 0.3) is 5.91 Å². The quantitative estimate of drug-likeness (QED) is 0.713. The van der Waals surface area contributed by atoms with Gasteiger partial charge < -0.3 is 14.8 Å². The standard InChI is InChI=1S/C18H18Cl2N2O3.CH4/c1-24-15-7-6-11(8-16(15)25-12-4-2-3-5-12)18(23)22-17-13(19)9-21-10-14(17)20;/h6-10,12H,2-5H2,1H3,(H,21,22,23);1H4. The molecule has 26 heavy (non-hydrogen) atoms. The molecule has 0 atom stereocenters. The Balaban J connectivity index is 0.00000243. The Morgan fingerprint density at radius 3 is 2.42 bits per heavy atom. The summed E-state index contributed by atoms with van der Waals surface area (Å²) in [5, 5.41) is 3.26. The highest BCUT2D eigenvalue weighted by Gasteiger charge is 2.20. The van der Waals surface area contributed by atoms with Crippen LogP contribution >= 0.6 is 23.2 Å². The van der Waals surface area contributed by atoms with Crippen LogP contribution in [0, 0.1) is 0 Å². The van der Waals surface area contributed by atoms with E-state index >= 15 is 0 Å². The SMILES string of the molecule is C.COc1ccc(C(=O)Nc2c(Cl)cncc2Cl)cc1OC1CCCC1. The Hall–Kier alpha value is -1.98. The normalized spacial score (nSPS) is 13.8. The van der Waals surface area contributed by atoms with E-state index in [1.54, 1.807) is 25.3 Å². The summed E-state index contributed by atoms with van der Waals surface area (Å²) >= 11 is 12.1. The second kappa shape index (κ2) is 9.10. The van der Waals surface area contributed by atoms with Gasteiger partial charge in [0.2, 0.25) is 0 Å². The van der Waals surface area contributed by atoms with Gasteiger partial charge in [0.1, 0.15) is 0 Å². The number of amides is 1. The maximum absolute atomic E-state index is 12.6. The number of carbonyl (C=O) groups is 1. The van der Waals surface area contributed by atoms with Crippen LogP contribution in [0.2, 0.25) is 10.0 Å². The van der Waals surface area contributed by atoms with Gasteiger partial charge in [-0.2, -0.15) is 0 Å². The fraction of sp³-hybridized carbons (Fsp3) is 0.368. The number of nitrogens with zero attached hydrogens (tertiary/aromatic N) is 1. The van der Waals surface area contributed by atoms with Crippen molar-refractivity contribution in [2.24, 2.45) is 0 Å². The Morgan fingerprint density at radius 1 is 1.15 bits per heavy atom. The van der Waals surface area contributed by atoms with Crippen LogP contribution < -0.4 is 14.8 Å². The summed E-state index contributed by atoms with van der Waals surface area (Å²) in [6.07, 6.45) is 7.36. The number of aromatic nitrogens is 1. The van der Waals surface area contributed by atoms with Gasteiger partial charge in [0.05, 0.1) is 28.9 Å². The van der Waals surface area contributed by atoms with Gasteiger partial charge in [0.15, 0.2) is 11.5 Å². The molecule has 140 valence electrons. The highest BCUT2D eigenvalue weighted by atomic mass is 35.5. The molecule has 1 aromatic heterocycles. The van der Waals surface area contributed by atoms with Gasteiger partial charge in [-0.3, -0.25) is 9.78 Å². The number of benzene rings is 1. The molecule has 5 nitrogen and oxygen atoms in total. The summed E-state index contributed by atoms with van der Waals surface area (Å²) in [6, 6.07) is 5.06. The first-order valence-electron chi connectivity index (χ1n) is 8.03. The number of ether oxygens (including phenoxy) is 2. The third-order valence-electron chi connectivity index (χ3n) is 4.11. The van der Waals surface area contributed by atoms with Crippen LogP contribution in [0.5, 0.6) is 11.5 Å². The van der Waals surface area contributed by atoms with Crippen molar-refractivity contribution in [3.63, 3.8) is 0 Å². The second-order valence-corrected chi connectivity index (χ2v) is 6.64. The van der Waals surface area contributed by atoms with Crippen molar-refractivity contribution in [3.8, 4) is 11.5 Å². The lowest BCUT2D eigenvalue weighted by Crippen LogP contribution is -2.15. The monoisotopic (exact) mass is 396 g/mol. The Labute approximate surface area is 163 Å². The molecule has 1 saturated carbocycles. The van der Waals surface area contributed by atoms with Gasteiger partial charge in [-0.05, 0) is 43.9 Å². The predicted molar refractivity (Wildman–Crippen MR) is 105 cm³/mol. The number of halogens is 2. The first-order chi connectivity index (χ1) is 12.1. The Bertz CT molecular complexity index is 757. The molecule has 1 aromatic carbocycles. The molecule has 7 heteroatoms. The van der Waals surface area contributed by atoms with Gasteiger partial charge in [-0.25, -0.2) is 0 Å². The molecular weight excluding hydrogens is 375 g/mol. The number of rotatable bonds is 5. The van der Waals surface area contributed by atoms with E-state index in [-0.39, 0.29) is 29.5 Å². The van der Waals surface area contributed by atoms with Crippen LogP contribution in [0.3, 0.4) is 0 Å². The third-order valence-corrected chi connectivity index (χ3v) is 4.69. The summed E-state index contributed by atoms with van der Waals surface area (Å²) in [4.78, 5) is 16.4. The maximum atomic E-state index is 12.6. The van der Waals surface area contributed by atoms with Crippen molar-refractivity contribution >= 4 is 34.8 Å². The average Bonchev–Trinajstić information content (AvgIpc) is 3.11. The van der Waals surface area contributed by atoms with Crippen molar-refractivity contribution in [1.29, 1.82) is 0 Å². The summed E-state index contributed by atoms with van der Waals surface area (Å²) in [5.41, 5.74) is 0.759. The lowest BCUT2D eigenvalue weighted by Gasteiger charge is -2.17. The molecule has 2 aromatic rings. The molecule has 0 radical (unpaired) electrons. The fourth-order valence-electron chi connectivity index (χ4n) is 2.81. The lowest BCUT2D eigenvalue weighted by molar-refractivity contribution is 0.102. The smallest absolute Gasteiger partial charge is 0.255 e.